The molecule has 100 valence electrons. The standard InChI is InChI=1S/C14H6Cl4N2/c1-2-5-20-13(9(7-19)12(17)14(20)18)8-3-4-10(15)11(16)6-8/h1,3-4,6H,5H2. The molecule has 2 aromatic rings. The third-order valence-electron chi connectivity index (χ3n) is 2.70. The molecule has 0 unspecified atom stereocenters. The molecule has 0 bridgehead atoms. The van der Waals surface area contributed by atoms with Crippen molar-refractivity contribution in [1.29, 1.82) is 5.26 Å². The van der Waals surface area contributed by atoms with E-state index in [9.17, 15) is 5.26 Å². The van der Waals surface area contributed by atoms with Gasteiger partial charge in [0.1, 0.15) is 11.2 Å². The van der Waals surface area contributed by atoms with E-state index in [1.807, 2.05) is 6.07 Å². The molecule has 0 spiro atoms. The van der Waals surface area contributed by atoms with Crippen molar-refractivity contribution in [2.75, 3.05) is 0 Å². The van der Waals surface area contributed by atoms with E-state index in [0.717, 1.165) is 0 Å². The largest absolute Gasteiger partial charge is 0.317 e. The van der Waals surface area contributed by atoms with Gasteiger partial charge in [-0.15, -0.1) is 6.42 Å². The highest BCUT2D eigenvalue weighted by molar-refractivity contribution is 6.43. The van der Waals surface area contributed by atoms with Crippen molar-refractivity contribution in [2.24, 2.45) is 0 Å². The smallest absolute Gasteiger partial charge is 0.130 e. The molecule has 0 amide bonds. The van der Waals surface area contributed by atoms with Crippen LogP contribution in [0.4, 0.5) is 0 Å². The summed E-state index contributed by atoms with van der Waals surface area (Å²) in [6, 6.07) is 7.03. The molecule has 2 nitrogen and oxygen atoms in total. The number of hydrogen-bond acceptors (Lipinski definition) is 1. The van der Waals surface area contributed by atoms with Crippen LogP contribution in [0.2, 0.25) is 20.2 Å². The van der Waals surface area contributed by atoms with E-state index < -0.39 is 0 Å². The van der Waals surface area contributed by atoms with Crippen molar-refractivity contribution in [3.05, 3.63) is 44.0 Å². The van der Waals surface area contributed by atoms with E-state index >= 15 is 0 Å². The maximum atomic E-state index is 9.27. The van der Waals surface area contributed by atoms with Crippen LogP contribution in [0.15, 0.2) is 18.2 Å². The third kappa shape index (κ3) is 2.49. The number of nitrogens with zero attached hydrogens (tertiary/aromatic N) is 2. The lowest BCUT2D eigenvalue weighted by Gasteiger charge is -2.08. The van der Waals surface area contributed by atoms with E-state index in [-0.39, 0.29) is 22.3 Å². The Kier molecular flexibility index (Phi) is 4.53. The molecule has 0 saturated heterocycles. The predicted octanol–water partition coefficient (Wildman–Crippen LogP) is 5.27. The summed E-state index contributed by atoms with van der Waals surface area (Å²) < 4.78 is 1.59. The Bertz CT molecular complexity index is 763. The fourth-order valence-electron chi connectivity index (χ4n) is 1.84. The van der Waals surface area contributed by atoms with Gasteiger partial charge < -0.3 is 4.57 Å². The van der Waals surface area contributed by atoms with Crippen molar-refractivity contribution < 1.29 is 0 Å². The van der Waals surface area contributed by atoms with Crippen molar-refractivity contribution >= 4 is 46.4 Å². The monoisotopic (exact) mass is 342 g/mol. The van der Waals surface area contributed by atoms with Crippen LogP contribution in [0.3, 0.4) is 0 Å². The minimum Gasteiger partial charge on any atom is -0.317 e. The summed E-state index contributed by atoms with van der Waals surface area (Å²) in [7, 11) is 0. The first-order valence-electron chi connectivity index (χ1n) is 5.37. The van der Waals surface area contributed by atoms with Crippen molar-refractivity contribution in [3.8, 4) is 29.7 Å². The maximum Gasteiger partial charge on any atom is 0.130 e. The van der Waals surface area contributed by atoms with Crippen LogP contribution in [0.25, 0.3) is 11.3 Å². The van der Waals surface area contributed by atoms with E-state index in [1.165, 1.54) is 0 Å². The number of hydrogen-bond donors (Lipinski definition) is 0. The maximum absolute atomic E-state index is 9.27. The molecule has 0 aliphatic rings. The van der Waals surface area contributed by atoms with E-state index in [1.54, 1.807) is 22.8 Å². The van der Waals surface area contributed by atoms with Crippen LogP contribution in [-0.2, 0) is 6.54 Å². The highest BCUT2D eigenvalue weighted by Crippen LogP contribution is 2.39. The summed E-state index contributed by atoms with van der Waals surface area (Å²) in [5.41, 5.74) is 1.45. The average molecular weight is 344 g/mol. The molecule has 0 N–H and O–H groups in total. The first kappa shape index (κ1) is 15.1. The minimum absolute atomic E-state index is 0.172. The second-order valence-electron chi connectivity index (χ2n) is 3.86. The first-order chi connectivity index (χ1) is 9.51. The fraction of sp³-hybridized carbons (Fsp3) is 0.0714. The summed E-state index contributed by atoms with van der Waals surface area (Å²) in [4.78, 5) is 0. The van der Waals surface area contributed by atoms with E-state index in [0.29, 0.717) is 21.3 Å². The van der Waals surface area contributed by atoms with Gasteiger partial charge in [-0.25, -0.2) is 0 Å². The molecule has 1 aromatic heterocycles. The first-order valence-corrected chi connectivity index (χ1v) is 6.89. The van der Waals surface area contributed by atoms with Crippen LogP contribution in [-0.4, -0.2) is 4.57 Å². The number of halogens is 4. The zero-order chi connectivity index (χ0) is 14.9. The SMILES string of the molecule is C#CCn1c(Cl)c(Cl)c(C#N)c1-c1ccc(Cl)c(Cl)c1. The van der Waals surface area contributed by atoms with Crippen molar-refractivity contribution in [1.82, 2.24) is 4.57 Å². The molecule has 2 rings (SSSR count). The fourth-order valence-corrected chi connectivity index (χ4v) is 2.61. The topological polar surface area (TPSA) is 28.7 Å². The molecular formula is C14H6Cl4N2. The molecule has 0 fully saturated rings. The minimum atomic E-state index is 0.172. The van der Waals surface area contributed by atoms with Gasteiger partial charge in [-0.05, 0) is 12.1 Å². The van der Waals surface area contributed by atoms with Gasteiger partial charge in [-0.1, -0.05) is 58.4 Å². The number of nitriles is 1. The zero-order valence-corrected chi connectivity index (χ0v) is 12.9. The Morgan fingerprint density at radius 3 is 2.40 bits per heavy atom. The second-order valence-corrected chi connectivity index (χ2v) is 5.41. The van der Waals surface area contributed by atoms with Crippen LogP contribution < -0.4 is 0 Å². The summed E-state index contributed by atoms with van der Waals surface area (Å²) in [5.74, 6) is 2.48. The summed E-state index contributed by atoms with van der Waals surface area (Å²) in [6.45, 7) is 0.190. The Balaban J connectivity index is 2.78. The number of rotatable bonds is 2. The third-order valence-corrected chi connectivity index (χ3v) is 4.30. The summed E-state index contributed by atoms with van der Waals surface area (Å²) in [6.07, 6.45) is 5.33. The van der Waals surface area contributed by atoms with Gasteiger partial charge in [0.2, 0.25) is 0 Å². The Morgan fingerprint density at radius 2 is 1.85 bits per heavy atom. The quantitative estimate of drug-likeness (QED) is 0.682. The van der Waals surface area contributed by atoms with Crippen LogP contribution in [0.1, 0.15) is 5.56 Å². The lowest BCUT2D eigenvalue weighted by Crippen LogP contribution is -1.99. The Labute approximate surface area is 136 Å². The zero-order valence-electron chi connectivity index (χ0n) is 9.92. The highest BCUT2D eigenvalue weighted by Gasteiger charge is 2.21. The average Bonchev–Trinajstić information content (AvgIpc) is 2.67. The number of benzene rings is 1. The molecule has 0 atom stereocenters. The van der Waals surface area contributed by atoms with Crippen LogP contribution in [0.5, 0.6) is 0 Å². The van der Waals surface area contributed by atoms with Crippen LogP contribution >= 0.6 is 46.4 Å². The van der Waals surface area contributed by atoms with Gasteiger partial charge in [-0.2, -0.15) is 5.26 Å². The lowest BCUT2D eigenvalue weighted by molar-refractivity contribution is 0.860. The van der Waals surface area contributed by atoms with Gasteiger partial charge in [0, 0.05) is 5.56 Å². The normalized spacial score (nSPS) is 10.1. The molecule has 1 aromatic carbocycles. The lowest BCUT2D eigenvalue weighted by atomic mass is 10.1. The molecule has 6 heteroatoms. The second kappa shape index (κ2) is 6.00. The molecule has 20 heavy (non-hydrogen) atoms. The highest BCUT2D eigenvalue weighted by atomic mass is 35.5. The van der Waals surface area contributed by atoms with Crippen molar-refractivity contribution in [2.45, 2.75) is 6.54 Å². The molecule has 0 radical (unpaired) electrons. The Morgan fingerprint density at radius 1 is 1.15 bits per heavy atom. The number of aromatic nitrogens is 1. The van der Waals surface area contributed by atoms with Crippen molar-refractivity contribution in [3.63, 3.8) is 0 Å². The van der Waals surface area contributed by atoms with Gasteiger partial charge in [0.15, 0.2) is 0 Å². The van der Waals surface area contributed by atoms with Gasteiger partial charge >= 0.3 is 0 Å². The Hall–Kier alpha value is -1.29. The molecule has 0 aliphatic carbocycles. The molecular weight excluding hydrogens is 338 g/mol. The van der Waals surface area contributed by atoms with E-state index in [4.69, 9.17) is 52.8 Å². The summed E-state index contributed by atoms with van der Waals surface area (Å²) >= 11 is 24.1. The van der Waals surface area contributed by atoms with E-state index in [2.05, 4.69) is 5.92 Å². The molecule has 0 aliphatic heterocycles. The van der Waals surface area contributed by atoms with Gasteiger partial charge in [-0.3, -0.25) is 0 Å². The molecule has 1 heterocycles. The van der Waals surface area contributed by atoms with Crippen LogP contribution in [0, 0.1) is 23.7 Å². The number of terminal acetylenes is 1. The van der Waals surface area contributed by atoms with Gasteiger partial charge in [0.25, 0.3) is 0 Å². The summed E-state index contributed by atoms with van der Waals surface area (Å²) in [5, 5.41) is 10.5. The molecule has 0 saturated carbocycles. The predicted molar refractivity (Wildman–Crippen MR) is 83.5 cm³/mol. The van der Waals surface area contributed by atoms with Gasteiger partial charge in [0.05, 0.1) is 32.9 Å².